The zero-order valence-corrected chi connectivity index (χ0v) is 12.2. The Labute approximate surface area is 119 Å². The van der Waals surface area contributed by atoms with Gasteiger partial charge in [-0.2, -0.15) is 0 Å². The SMILES string of the molecule is CCC(CC)C1CNCC(c2ccc(F)c(Cl)c2)O1. The van der Waals surface area contributed by atoms with Crippen LogP contribution < -0.4 is 5.32 Å². The summed E-state index contributed by atoms with van der Waals surface area (Å²) in [5.74, 6) is 0.178. The molecule has 1 saturated heterocycles. The molecule has 4 heteroatoms. The minimum absolute atomic E-state index is 0.0440. The van der Waals surface area contributed by atoms with Gasteiger partial charge in [-0.25, -0.2) is 4.39 Å². The predicted octanol–water partition coefficient (Wildman–Crippen LogP) is 3.94. The van der Waals surface area contributed by atoms with Crippen LogP contribution in [0.25, 0.3) is 0 Å². The van der Waals surface area contributed by atoms with Crippen molar-refractivity contribution in [3.05, 3.63) is 34.6 Å². The normalized spacial score (nSPS) is 23.8. The maximum absolute atomic E-state index is 13.2. The molecule has 0 saturated carbocycles. The molecule has 0 radical (unpaired) electrons. The molecular weight excluding hydrogens is 265 g/mol. The van der Waals surface area contributed by atoms with Gasteiger partial charge in [0.15, 0.2) is 0 Å². The average Bonchev–Trinajstić information content (AvgIpc) is 2.44. The van der Waals surface area contributed by atoms with Crippen LogP contribution in [0.5, 0.6) is 0 Å². The van der Waals surface area contributed by atoms with Crippen LogP contribution in [0.2, 0.25) is 5.02 Å². The van der Waals surface area contributed by atoms with E-state index in [1.54, 1.807) is 12.1 Å². The van der Waals surface area contributed by atoms with Crippen LogP contribution in [-0.4, -0.2) is 19.2 Å². The summed E-state index contributed by atoms with van der Waals surface area (Å²) in [7, 11) is 0. The Morgan fingerprint density at radius 3 is 2.74 bits per heavy atom. The van der Waals surface area contributed by atoms with Gasteiger partial charge >= 0.3 is 0 Å². The molecule has 0 spiro atoms. The second kappa shape index (κ2) is 6.69. The van der Waals surface area contributed by atoms with Gasteiger partial charge in [-0.1, -0.05) is 44.4 Å². The van der Waals surface area contributed by atoms with Gasteiger partial charge in [-0.05, 0) is 23.6 Å². The molecule has 2 unspecified atom stereocenters. The zero-order chi connectivity index (χ0) is 13.8. The third-order valence-electron chi connectivity index (χ3n) is 3.90. The molecule has 1 aromatic rings. The third-order valence-corrected chi connectivity index (χ3v) is 4.19. The quantitative estimate of drug-likeness (QED) is 0.904. The summed E-state index contributed by atoms with van der Waals surface area (Å²) in [4.78, 5) is 0. The first-order valence-corrected chi connectivity index (χ1v) is 7.34. The van der Waals surface area contributed by atoms with Crippen molar-refractivity contribution in [3.8, 4) is 0 Å². The largest absolute Gasteiger partial charge is 0.367 e. The molecule has 1 aliphatic heterocycles. The van der Waals surface area contributed by atoms with E-state index in [2.05, 4.69) is 19.2 Å². The van der Waals surface area contributed by atoms with Gasteiger partial charge in [0.1, 0.15) is 5.82 Å². The molecule has 0 aliphatic carbocycles. The van der Waals surface area contributed by atoms with Crippen molar-refractivity contribution in [2.24, 2.45) is 5.92 Å². The lowest BCUT2D eigenvalue weighted by molar-refractivity contribution is -0.0688. The number of benzene rings is 1. The van der Waals surface area contributed by atoms with Crippen molar-refractivity contribution < 1.29 is 9.13 Å². The second-order valence-corrected chi connectivity index (χ2v) is 5.48. The van der Waals surface area contributed by atoms with E-state index in [9.17, 15) is 4.39 Å². The highest BCUT2D eigenvalue weighted by molar-refractivity contribution is 6.30. The van der Waals surface area contributed by atoms with Crippen LogP contribution in [0.4, 0.5) is 4.39 Å². The van der Waals surface area contributed by atoms with Crippen LogP contribution in [-0.2, 0) is 4.74 Å². The molecule has 2 atom stereocenters. The fraction of sp³-hybridized carbons (Fsp3) is 0.600. The van der Waals surface area contributed by atoms with E-state index < -0.39 is 0 Å². The smallest absolute Gasteiger partial charge is 0.141 e. The Bertz CT molecular complexity index is 423. The fourth-order valence-electron chi connectivity index (χ4n) is 2.67. The highest BCUT2D eigenvalue weighted by atomic mass is 35.5. The lowest BCUT2D eigenvalue weighted by Crippen LogP contribution is -2.44. The van der Waals surface area contributed by atoms with Crippen molar-refractivity contribution in [1.29, 1.82) is 0 Å². The molecule has 1 aromatic carbocycles. The highest BCUT2D eigenvalue weighted by Crippen LogP contribution is 2.29. The molecule has 1 heterocycles. The van der Waals surface area contributed by atoms with E-state index >= 15 is 0 Å². The van der Waals surface area contributed by atoms with Crippen molar-refractivity contribution in [2.75, 3.05) is 13.1 Å². The average molecular weight is 286 g/mol. The van der Waals surface area contributed by atoms with Crippen LogP contribution >= 0.6 is 11.6 Å². The summed E-state index contributed by atoms with van der Waals surface area (Å²) in [6, 6.07) is 4.82. The zero-order valence-electron chi connectivity index (χ0n) is 11.5. The van der Waals surface area contributed by atoms with Gasteiger partial charge in [0.2, 0.25) is 0 Å². The number of ether oxygens (including phenoxy) is 1. The van der Waals surface area contributed by atoms with E-state index in [4.69, 9.17) is 16.3 Å². The lowest BCUT2D eigenvalue weighted by Gasteiger charge is -2.35. The third kappa shape index (κ3) is 3.47. The fourth-order valence-corrected chi connectivity index (χ4v) is 2.85. The van der Waals surface area contributed by atoms with Crippen LogP contribution in [0.3, 0.4) is 0 Å². The maximum atomic E-state index is 13.2. The molecule has 1 aliphatic rings. The standard InChI is InChI=1S/C15H21ClFNO/c1-3-10(4-2)14-8-18-9-15(19-14)11-5-6-13(17)12(16)7-11/h5-7,10,14-15,18H,3-4,8-9H2,1-2H3. The lowest BCUT2D eigenvalue weighted by atomic mass is 9.94. The van der Waals surface area contributed by atoms with Gasteiger partial charge in [0.05, 0.1) is 17.2 Å². The Morgan fingerprint density at radius 2 is 2.11 bits per heavy atom. The van der Waals surface area contributed by atoms with Gasteiger partial charge in [-0.3, -0.25) is 0 Å². The molecule has 1 N–H and O–H groups in total. The van der Waals surface area contributed by atoms with E-state index in [0.29, 0.717) is 5.92 Å². The van der Waals surface area contributed by atoms with Crippen molar-refractivity contribution >= 4 is 11.6 Å². The van der Waals surface area contributed by atoms with Gasteiger partial charge in [0.25, 0.3) is 0 Å². The topological polar surface area (TPSA) is 21.3 Å². The molecular formula is C15H21ClFNO. The number of hydrogen-bond donors (Lipinski definition) is 1. The monoisotopic (exact) mass is 285 g/mol. The van der Waals surface area contributed by atoms with Crippen LogP contribution in [0.1, 0.15) is 38.4 Å². The maximum Gasteiger partial charge on any atom is 0.141 e. The number of nitrogens with one attached hydrogen (secondary N) is 1. The molecule has 19 heavy (non-hydrogen) atoms. The van der Waals surface area contributed by atoms with Gasteiger partial charge < -0.3 is 10.1 Å². The summed E-state index contributed by atoms with van der Waals surface area (Å²) in [6.07, 6.45) is 2.40. The van der Waals surface area contributed by atoms with Gasteiger partial charge in [0, 0.05) is 13.1 Å². The Balaban J connectivity index is 2.10. The summed E-state index contributed by atoms with van der Waals surface area (Å²) in [5.41, 5.74) is 0.939. The molecule has 1 fully saturated rings. The minimum Gasteiger partial charge on any atom is -0.367 e. The van der Waals surface area contributed by atoms with Crippen LogP contribution in [0, 0.1) is 11.7 Å². The molecule has 0 amide bonds. The Morgan fingerprint density at radius 1 is 1.37 bits per heavy atom. The number of hydrogen-bond acceptors (Lipinski definition) is 2. The number of morpholine rings is 1. The molecule has 2 nitrogen and oxygen atoms in total. The predicted molar refractivity (Wildman–Crippen MR) is 76.0 cm³/mol. The second-order valence-electron chi connectivity index (χ2n) is 5.07. The molecule has 106 valence electrons. The summed E-state index contributed by atoms with van der Waals surface area (Å²) >= 11 is 5.84. The molecule has 2 rings (SSSR count). The number of halogens is 2. The van der Waals surface area contributed by atoms with Crippen molar-refractivity contribution in [2.45, 2.75) is 38.9 Å². The molecule has 0 aromatic heterocycles. The number of rotatable bonds is 4. The summed E-state index contributed by atoms with van der Waals surface area (Å²) in [6.45, 7) is 6.02. The first-order valence-electron chi connectivity index (χ1n) is 6.96. The Kier molecular flexibility index (Phi) is 5.20. The summed E-state index contributed by atoms with van der Waals surface area (Å²) < 4.78 is 19.4. The van der Waals surface area contributed by atoms with Crippen molar-refractivity contribution in [3.63, 3.8) is 0 Å². The molecule has 0 bridgehead atoms. The highest BCUT2D eigenvalue weighted by Gasteiger charge is 2.28. The van der Waals surface area contributed by atoms with Gasteiger partial charge in [-0.15, -0.1) is 0 Å². The van der Waals surface area contributed by atoms with E-state index in [-0.39, 0.29) is 23.0 Å². The van der Waals surface area contributed by atoms with Crippen LogP contribution in [0.15, 0.2) is 18.2 Å². The van der Waals surface area contributed by atoms with E-state index in [0.717, 1.165) is 31.5 Å². The van der Waals surface area contributed by atoms with Crippen molar-refractivity contribution in [1.82, 2.24) is 5.32 Å². The van der Waals surface area contributed by atoms with E-state index in [1.807, 2.05) is 0 Å². The minimum atomic E-state index is -0.384. The summed E-state index contributed by atoms with van der Waals surface area (Å²) in [5, 5.41) is 3.56. The van der Waals surface area contributed by atoms with E-state index in [1.165, 1.54) is 6.07 Å². The first kappa shape index (κ1) is 14.8. The Hall–Kier alpha value is -0.640. The first-order chi connectivity index (χ1) is 9.15.